The van der Waals surface area contributed by atoms with Gasteiger partial charge in [0.25, 0.3) is 0 Å². The largest absolute Gasteiger partial charge is 0.392 e. The molecule has 0 aromatic rings. The molecule has 78 heavy (non-hydrogen) atoms. The highest BCUT2D eigenvalue weighted by molar-refractivity contribution is 5.92. The summed E-state index contributed by atoms with van der Waals surface area (Å²) >= 11 is 0. The predicted octanol–water partition coefficient (Wildman–Crippen LogP) is 22.6. The molecular weight excluding hydrogens is 949 g/mol. The molecule has 0 amide bonds. The minimum atomic E-state index is -0.726. The number of rotatable bonds is 22. The third kappa shape index (κ3) is 31.7. The van der Waals surface area contributed by atoms with Gasteiger partial charge in [-0.1, -0.05) is 181 Å². The quantitative estimate of drug-likeness (QED) is 0.0839. The number of aliphatic hydroxyl groups excluding tert-OH is 1. The van der Waals surface area contributed by atoms with Gasteiger partial charge in [-0.05, 0) is 260 Å². The summed E-state index contributed by atoms with van der Waals surface area (Å²) in [5, 5.41) is 18.4. The highest BCUT2D eigenvalue weighted by Crippen LogP contribution is 2.54. The Morgan fingerprint density at radius 2 is 1.03 bits per heavy atom. The topological polar surface area (TPSA) is 57.5 Å². The summed E-state index contributed by atoms with van der Waals surface area (Å²) in [6.07, 6.45) is 48.3. The summed E-state index contributed by atoms with van der Waals surface area (Å²) < 4.78 is 0. The van der Waals surface area contributed by atoms with Crippen molar-refractivity contribution in [2.45, 2.75) is 259 Å². The molecule has 0 aromatic carbocycles. The fourth-order valence-electron chi connectivity index (χ4n) is 10.9. The molecule has 4 rings (SSSR count). The molecular formula is C75H122O3. The van der Waals surface area contributed by atoms with E-state index in [0.29, 0.717) is 23.0 Å². The molecule has 440 valence electrons. The fourth-order valence-corrected chi connectivity index (χ4v) is 10.9. The normalized spacial score (nSPS) is 24.0. The van der Waals surface area contributed by atoms with Crippen LogP contribution in [0.3, 0.4) is 0 Å². The average Bonchev–Trinajstić information content (AvgIpc) is 3.35. The van der Waals surface area contributed by atoms with Gasteiger partial charge in [-0.2, -0.15) is 0 Å². The first kappa shape index (κ1) is 74.0. The van der Waals surface area contributed by atoms with Crippen LogP contribution in [0.2, 0.25) is 0 Å². The highest BCUT2D eigenvalue weighted by Gasteiger charge is 2.44. The third-order valence-corrected chi connectivity index (χ3v) is 17.3. The number of carbonyl (C=O) groups is 1. The second-order valence-corrected chi connectivity index (χ2v) is 25.7. The van der Waals surface area contributed by atoms with Crippen LogP contribution in [0.4, 0.5) is 0 Å². The molecule has 7 atom stereocenters. The van der Waals surface area contributed by atoms with Gasteiger partial charge in [0.05, 0.1) is 12.2 Å². The van der Waals surface area contributed by atoms with Gasteiger partial charge >= 0.3 is 0 Å². The lowest BCUT2D eigenvalue weighted by Gasteiger charge is -2.47. The van der Waals surface area contributed by atoms with Gasteiger partial charge in [-0.25, -0.2) is 0 Å². The third-order valence-electron chi connectivity index (χ3n) is 17.3. The number of hydrogen-bond donors (Lipinski definition) is 2. The van der Waals surface area contributed by atoms with Crippen molar-refractivity contribution in [1.29, 1.82) is 0 Å². The average molecular weight is 1070 g/mol. The Labute approximate surface area is 484 Å². The lowest BCUT2D eigenvalue weighted by molar-refractivity contribution is -0.117. The Morgan fingerprint density at radius 1 is 0.603 bits per heavy atom. The van der Waals surface area contributed by atoms with Crippen molar-refractivity contribution >= 4 is 5.78 Å². The van der Waals surface area contributed by atoms with Crippen LogP contribution in [-0.2, 0) is 4.79 Å². The minimum Gasteiger partial charge on any atom is -0.392 e. The van der Waals surface area contributed by atoms with E-state index >= 15 is 0 Å². The zero-order valence-corrected chi connectivity index (χ0v) is 54.2. The Bertz CT molecular complexity index is 2180. The van der Waals surface area contributed by atoms with Crippen LogP contribution in [0.15, 0.2) is 166 Å². The smallest absolute Gasteiger partial charge is 0.155 e. The van der Waals surface area contributed by atoms with E-state index in [9.17, 15) is 9.90 Å². The van der Waals surface area contributed by atoms with E-state index in [-0.39, 0.29) is 12.0 Å². The SMILES string of the molecule is C=C(C)C1CCC2=CC(=O)CC(C)C2(C)C1.C=C(C)C1CCC2=CCCC(C)C2(C)C1.C=C/C(C)=C\C/C=C(/C)CCC=C(C)C.C=CC(C)(O)CC/C=C(/C)CCC=C(C)C.CC(C)=CCC/C(C)=C\CC/C(C)=C/CO. The number of ketones is 1. The fraction of sp³-hybridized carbons (Fsp3) is 0.613. The van der Waals surface area contributed by atoms with E-state index in [1.165, 1.54) is 113 Å². The van der Waals surface area contributed by atoms with E-state index in [2.05, 4.69) is 193 Å². The van der Waals surface area contributed by atoms with E-state index in [4.69, 9.17) is 5.11 Å². The van der Waals surface area contributed by atoms with Gasteiger partial charge in [0.15, 0.2) is 5.78 Å². The van der Waals surface area contributed by atoms with Crippen LogP contribution in [0, 0.1) is 34.5 Å². The molecule has 0 saturated heterocycles. The Morgan fingerprint density at radius 3 is 1.46 bits per heavy atom. The molecule has 2 fully saturated rings. The highest BCUT2D eigenvalue weighted by atomic mass is 16.3. The molecule has 4 aliphatic carbocycles. The van der Waals surface area contributed by atoms with Crippen molar-refractivity contribution in [3.63, 3.8) is 0 Å². The first-order valence-corrected chi connectivity index (χ1v) is 30.5. The van der Waals surface area contributed by atoms with Crippen molar-refractivity contribution in [2.24, 2.45) is 34.5 Å². The van der Waals surface area contributed by atoms with Crippen molar-refractivity contribution in [3.05, 3.63) is 166 Å². The predicted molar refractivity (Wildman–Crippen MR) is 350 cm³/mol. The Kier molecular flexibility index (Phi) is 37.3. The molecule has 0 aliphatic heterocycles. The van der Waals surface area contributed by atoms with Gasteiger partial charge in [0.2, 0.25) is 0 Å². The van der Waals surface area contributed by atoms with Crippen molar-refractivity contribution in [1.82, 2.24) is 0 Å². The monoisotopic (exact) mass is 1070 g/mol. The van der Waals surface area contributed by atoms with Crippen molar-refractivity contribution < 1.29 is 15.0 Å². The van der Waals surface area contributed by atoms with Crippen LogP contribution >= 0.6 is 0 Å². The molecule has 3 nitrogen and oxygen atoms in total. The van der Waals surface area contributed by atoms with E-state index in [1.54, 1.807) is 18.6 Å². The number of allylic oxidation sites excluding steroid dienone is 22. The molecule has 0 heterocycles. The molecule has 0 radical (unpaired) electrons. The van der Waals surface area contributed by atoms with E-state index < -0.39 is 5.60 Å². The van der Waals surface area contributed by atoms with Gasteiger partial charge in [-0.3, -0.25) is 4.79 Å². The molecule has 4 aliphatic rings. The van der Waals surface area contributed by atoms with Gasteiger partial charge < -0.3 is 10.2 Å². The summed E-state index contributed by atoms with van der Waals surface area (Å²) in [5.74, 6) is 3.10. The van der Waals surface area contributed by atoms with E-state index in [1.807, 2.05) is 18.2 Å². The second kappa shape index (κ2) is 39.4. The first-order valence-electron chi connectivity index (χ1n) is 30.5. The van der Waals surface area contributed by atoms with Gasteiger partial charge in [0, 0.05) is 6.42 Å². The molecule has 2 saturated carbocycles. The zero-order valence-electron chi connectivity index (χ0n) is 54.2. The summed E-state index contributed by atoms with van der Waals surface area (Å²) in [5.41, 5.74) is 16.9. The van der Waals surface area contributed by atoms with Crippen LogP contribution in [-0.4, -0.2) is 28.2 Å². The molecule has 7 unspecified atom stereocenters. The Balaban J connectivity index is 0.000000950. The van der Waals surface area contributed by atoms with Gasteiger partial charge in [0.1, 0.15) is 0 Å². The maximum Gasteiger partial charge on any atom is 0.155 e. The number of fused-ring (bicyclic) bond motifs is 2. The zero-order chi connectivity index (χ0) is 59.6. The van der Waals surface area contributed by atoms with Crippen molar-refractivity contribution in [2.75, 3.05) is 6.61 Å². The van der Waals surface area contributed by atoms with Crippen LogP contribution in [0.1, 0.15) is 253 Å². The minimum absolute atomic E-state index is 0.162. The Hall–Kier alpha value is -4.05. The molecule has 0 aromatic heterocycles. The van der Waals surface area contributed by atoms with Crippen LogP contribution < -0.4 is 0 Å². The van der Waals surface area contributed by atoms with E-state index in [0.717, 1.165) is 88.9 Å². The standard InChI is InChI=1S/C15H22O.2C15H26O.2C15H24/c1-10(2)12-5-6-13-8-14(16)7-11(3)15(13,4)9-12;1-13(2)7-5-8-14(3)9-6-10-15(4)11-12-16;1-6-15(5,16)12-8-11-14(4)10-7-9-13(2)3;1-11(2)13-8-9-14-7-5-6-12(3)15(14,4)10-13;1-6-14(4)10-8-12-15(5)11-7-9-13(2)3/h8,11-12H,1,5-7,9H2,2-4H3;7,9,11,16H,5-6,8,10,12H2,1-4H3;6,9,11,16H,1,7-8,10,12H2,2-5H3;7,12-13H,1,5-6,8-10H2,2-4H3;6,9-10,12H,1,7-8,11H2,2-5H3/b;14-9-,15-11+;14-11-;;14-10-,15-12-. The number of carbonyl (C=O) groups excluding carboxylic acids is 1. The summed E-state index contributed by atoms with van der Waals surface area (Å²) in [6.45, 7) is 54.9. The maximum absolute atomic E-state index is 11.6. The number of hydrogen-bond acceptors (Lipinski definition) is 3. The van der Waals surface area contributed by atoms with Gasteiger partial charge in [-0.15, -0.1) is 6.58 Å². The van der Waals surface area contributed by atoms with Crippen LogP contribution in [0.5, 0.6) is 0 Å². The lowest BCUT2D eigenvalue weighted by Crippen LogP contribution is -2.38. The second-order valence-electron chi connectivity index (χ2n) is 25.7. The maximum atomic E-state index is 11.6. The molecule has 3 heteroatoms. The summed E-state index contributed by atoms with van der Waals surface area (Å²) in [7, 11) is 0. The summed E-state index contributed by atoms with van der Waals surface area (Å²) in [4.78, 5) is 11.6. The number of aliphatic hydroxyl groups is 2. The molecule has 0 spiro atoms. The first-order chi connectivity index (χ1) is 36.5. The molecule has 0 bridgehead atoms. The lowest BCUT2D eigenvalue weighted by atomic mass is 9.57. The van der Waals surface area contributed by atoms with Crippen LogP contribution in [0.25, 0.3) is 0 Å². The van der Waals surface area contributed by atoms with Crippen molar-refractivity contribution in [3.8, 4) is 0 Å². The summed E-state index contributed by atoms with van der Waals surface area (Å²) in [6, 6.07) is 0. The molecule has 2 N–H and O–H groups in total.